The van der Waals surface area contributed by atoms with Crippen molar-refractivity contribution in [2.75, 3.05) is 24.6 Å². The molecule has 1 saturated heterocycles. The highest BCUT2D eigenvalue weighted by atomic mass is 19.4. The van der Waals surface area contributed by atoms with Crippen molar-refractivity contribution in [1.29, 1.82) is 0 Å². The van der Waals surface area contributed by atoms with Gasteiger partial charge in [-0.25, -0.2) is 0 Å². The number of hydrogen-bond donors (Lipinski definition) is 1. The molecule has 0 radical (unpaired) electrons. The van der Waals surface area contributed by atoms with E-state index in [0.29, 0.717) is 13.2 Å². The van der Waals surface area contributed by atoms with Gasteiger partial charge in [0.1, 0.15) is 17.1 Å². The summed E-state index contributed by atoms with van der Waals surface area (Å²) in [5.74, 6) is -0.298. The Bertz CT molecular complexity index is 813. The zero-order chi connectivity index (χ0) is 19.4. The summed E-state index contributed by atoms with van der Waals surface area (Å²) < 4.78 is 43.8. The molecular formula is C18H19F3N4O2. The molecule has 0 spiro atoms. The van der Waals surface area contributed by atoms with E-state index in [-0.39, 0.29) is 17.4 Å². The van der Waals surface area contributed by atoms with Crippen LogP contribution in [-0.4, -0.2) is 35.6 Å². The standard InChI is InChI=1S/C18H19F3N4O2/c19-18(20,21)16-9-14(4-6-24-16)27-11-12-2-1-7-25(10-12)13-3-5-23-15(8-13)17(22)26/h3-6,8-9,12H,1-2,7,10-11H2,(H2,22,26). The van der Waals surface area contributed by atoms with Crippen molar-refractivity contribution in [3.05, 3.63) is 48.0 Å². The maximum atomic E-state index is 12.7. The van der Waals surface area contributed by atoms with Crippen LogP contribution in [0.25, 0.3) is 0 Å². The first kappa shape index (κ1) is 18.9. The highest BCUT2D eigenvalue weighted by Crippen LogP contribution is 2.30. The van der Waals surface area contributed by atoms with Crippen LogP contribution in [0, 0.1) is 5.92 Å². The summed E-state index contributed by atoms with van der Waals surface area (Å²) in [5.41, 5.74) is 5.33. The number of nitrogens with two attached hydrogens (primary N) is 1. The largest absolute Gasteiger partial charge is 0.493 e. The van der Waals surface area contributed by atoms with Gasteiger partial charge in [0.05, 0.1) is 6.61 Å². The fraction of sp³-hybridized carbons (Fsp3) is 0.389. The van der Waals surface area contributed by atoms with Gasteiger partial charge in [0, 0.05) is 43.2 Å². The first-order chi connectivity index (χ1) is 12.8. The molecule has 3 rings (SSSR count). The summed E-state index contributed by atoms with van der Waals surface area (Å²) in [6, 6.07) is 5.76. The number of amides is 1. The van der Waals surface area contributed by atoms with E-state index >= 15 is 0 Å². The lowest BCUT2D eigenvalue weighted by Crippen LogP contribution is -2.38. The molecule has 9 heteroatoms. The van der Waals surface area contributed by atoms with Crippen molar-refractivity contribution >= 4 is 11.6 Å². The van der Waals surface area contributed by atoms with Gasteiger partial charge in [0.25, 0.3) is 5.91 Å². The van der Waals surface area contributed by atoms with Crippen molar-refractivity contribution in [2.24, 2.45) is 11.7 Å². The van der Waals surface area contributed by atoms with Gasteiger partial charge in [-0.1, -0.05) is 0 Å². The Kier molecular flexibility index (Phi) is 5.48. The summed E-state index contributed by atoms with van der Waals surface area (Å²) in [6.07, 6.45) is -0.0623. The number of alkyl halides is 3. The summed E-state index contributed by atoms with van der Waals surface area (Å²) in [6.45, 7) is 1.77. The highest BCUT2D eigenvalue weighted by Gasteiger charge is 2.32. The average molecular weight is 380 g/mol. The summed E-state index contributed by atoms with van der Waals surface area (Å²) >= 11 is 0. The molecular weight excluding hydrogens is 361 g/mol. The highest BCUT2D eigenvalue weighted by molar-refractivity contribution is 5.91. The van der Waals surface area contributed by atoms with Crippen molar-refractivity contribution < 1.29 is 22.7 Å². The summed E-state index contributed by atoms with van der Waals surface area (Å²) in [7, 11) is 0. The Hall–Kier alpha value is -2.84. The smallest absolute Gasteiger partial charge is 0.433 e. The summed E-state index contributed by atoms with van der Waals surface area (Å²) in [4.78, 5) is 20.6. The summed E-state index contributed by atoms with van der Waals surface area (Å²) in [5, 5.41) is 0. The molecule has 1 aliphatic heterocycles. The van der Waals surface area contributed by atoms with Gasteiger partial charge in [0.15, 0.2) is 0 Å². The van der Waals surface area contributed by atoms with Crippen LogP contribution in [0.5, 0.6) is 5.75 Å². The number of piperidine rings is 1. The lowest BCUT2D eigenvalue weighted by molar-refractivity contribution is -0.141. The third-order valence-corrected chi connectivity index (χ3v) is 4.39. The number of rotatable bonds is 5. The molecule has 6 nitrogen and oxygen atoms in total. The van der Waals surface area contributed by atoms with Crippen LogP contribution in [0.3, 0.4) is 0 Å². The minimum atomic E-state index is -4.50. The zero-order valence-electron chi connectivity index (χ0n) is 14.4. The van der Waals surface area contributed by atoms with E-state index in [2.05, 4.69) is 14.9 Å². The van der Waals surface area contributed by atoms with Crippen molar-refractivity contribution in [2.45, 2.75) is 19.0 Å². The van der Waals surface area contributed by atoms with Crippen LogP contribution < -0.4 is 15.4 Å². The van der Waals surface area contributed by atoms with Crippen LogP contribution in [-0.2, 0) is 6.18 Å². The van der Waals surface area contributed by atoms with E-state index in [1.54, 1.807) is 12.1 Å². The fourth-order valence-corrected chi connectivity index (χ4v) is 3.06. The van der Waals surface area contributed by atoms with E-state index < -0.39 is 17.8 Å². The number of primary amides is 1. The number of hydrogen-bond acceptors (Lipinski definition) is 5. The number of anilines is 1. The Morgan fingerprint density at radius 3 is 2.78 bits per heavy atom. The van der Waals surface area contributed by atoms with Crippen LogP contribution in [0.15, 0.2) is 36.7 Å². The molecule has 1 unspecified atom stereocenters. The average Bonchev–Trinajstić information content (AvgIpc) is 2.66. The lowest BCUT2D eigenvalue weighted by atomic mass is 9.98. The van der Waals surface area contributed by atoms with Gasteiger partial charge in [-0.2, -0.15) is 13.2 Å². The number of aromatic nitrogens is 2. The van der Waals surface area contributed by atoms with Crippen LogP contribution in [0.1, 0.15) is 29.0 Å². The van der Waals surface area contributed by atoms with Gasteiger partial charge < -0.3 is 15.4 Å². The third-order valence-electron chi connectivity index (χ3n) is 4.39. The van der Waals surface area contributed by atoms with Crippen molar-refractivity contribution in [1.82, 2.24) is 9.97 Å². The Labute approximate surface area is 154 Å². The Balaban J connectivity index is 1.62. The fourth-order valence-electron chi connectivity index (χ4n) is 3.06. The normalized spacial score (nSPS) is 17.6. The van der Waals surface area contributed by atoms with E-state index in [4.69, 9.17) is 10.5 Å². The SMILES string of the molecule is NC(=O)c1cc(N2CCCC(COc3ccnc(C(F)(F)F)c3)C2)ccn1. The quantitative estimate of drug-likeness (QED) is 0.863. The van der Waals surface area contributed by atoms with Crippen molar-refractivity contribution in [3.63, 3.8) is 0 Å². The van der Waals surface area contributed by atoms with Gasteiger partial charge in [0.2, 0.25) is 0 Å². The molecule has 2 N–H and O–H groups in total. The second-order valence-corrected chi connectivity index (χ2v) is 6.40. The number of ether oxygens (including phenoxy) is 1. The maximum absolute atomic E-state index is 12.7. The van der Waals surface area contributed by atoms with E-state index in [1.807, 2.05) is 0 Å². The number of carbonyl (C=O) groups is 1. The molecule has 1 amide bonds. The molecule has 27 heavy (non-hydrogen) atoms. The van der Waals surface area contributed by atoms with E-state index in [9.17, 15) is 18.0 Å². The first-order valence-corrected chi connectivity index (χ1v) is 8.50. The molecule has 0 bridgehead atoms. The number of pyridine rings is 2. The predicted molar refractivity (Wildman–Crippen MR) is 92.4 cm³/mol. The van der Waals surface area contributed by atoms with Gasteiger partial charge in [-0.15, -0.1) is 0 Å². The van der Waals surface area contributed by atoms with Gasteiger partial charge in [-0.05, 0) is 31.0 Å². The predicted octanol–water partition coefficient (Wildman–Crippen LogP) is 2.89. The molecule has 3 heterocycles. The molecule has 1 atom stereocenters. The Morgan fingerprint density at radius 1 is 1.26 bits per heavy atom. The third kappa shape index (κ3) is 4.87. The molecule has 0 saturated carbocycles. The van der Waals surface area contributed by atoms with E-state index in [0.717, 1.165) is 37.3 Å². The molecule has 0 aromatic carbocycles. The second-order valence-electron chi connectivity index (χ2n) is 6.40. The van der Waals surface area contributed by atoms with Crippen LogP contribution in [0.4, 0.5) is 18.9 Å². The van der Waals surface area contributed by atoms with Crippen molar-refractivity contribution in [3.8, 4) is 5.75 Å². The lowest BCUT2D eigenvalue weighted by Gasteiger charge is -2.34. The van der Waals surface area contributed by atoms with E-state index in [1.165, 1.54) is 12.3 Å². The second kappa shape index (κ2) is 7.81. The molecule has 1 fully saturated rings. The van der Waals surface area contributed by atoms with Gasteiger partial charge in [-0.3, -0.25) is 14.8 Å². The molecule has 1 aliphatic rings. The molecule has 0 aliphatic carbocycles. The topological polar surface area (TPSA) is 81.3 Å². The van der Waals surface area contributed by atoms with Crippen LogP contribution in [0.2, 0.25) is 0 Å². The molecule has 2 aromatic heterocycles. The van der Waals surface area contributed by atoms with Crippen LogP contribution >= 0.6 is 0 Å². The Morgan fingerprint density at radius 2 is 2.04 bits per heavy atom. The number of halogens is 3. The van der Waals surface area contributed by atoms with Gasteiger partial charge >= 0.3 is 6.18 Å². The minimum Gasteiger partial charge on any atom is -0.493 e. The minimum absolute atomic E-state index is 0.145. The first-order valence-electron chi connectivity index (χ1n) is 8.50. The molecule has 144 valence electrons. The zero-order valence-corrected chi connectivity index (χ0v) is 14.4. The number of nitrogens with zero attached hydrogens (tertiary/aromatic N) is 3. The molecule has 2 aromatic rings. The monoisotopic (exact) mass is 380 g/mol. The maximum Gasteiger partial charge on any atom is 0.433 e. The number of carbonyl (C=O) groups excluding carboxylic acids is 1.